The molecule has 0 unspecified atom stereocenters. The highest BCUT2D eigenvalue weighted by atomic mass is 35.5. The van der Waals surface area contributed by atoms with Gasteiger partial charge < -0.3 is 10.5 Å². The number of benzene rings is 1. The minimum atomic E-state index is 0.478. The minimum absolute atomic E-state index is 0.478. The average molecular weight is 252 g/mol. The second kappa shape index (κ2) is 5.10. The summed E-state index contributed by atoms with van der Waals surface area (Å²) in [7, 11) is 0. The Kier molecular flexibility index (Phi) is 3.54. The lowest BCUT2D eigenvalue weighted by Gasteiger charge is -2.07. The number of hydrogen-bond donors (Lipinski definition) is 1. The molecule has 2 aromatic rings. The molecule has 17 heavy (non-hydrogen) atoms. The molecule has 0 saturated carbocycles. The molecule has 0 aliphatic heterocycles. The molecule has 1 aromatic heterocycles. The third-order valence-corrected chi connectivity index (χ3v) is 2.67. The van der Waals surface area contributed by atoms with Crippen LogP contribution in [-0.4, -0.2) is 16.4 Å². The first-order valence-electron chi connectivity index (χ1n) is 5.39. The minimum Gasteiger partial charge on any atom is -0.494 e. The van der Waals surface area contributed by atoms with Crippen LogP contribution in [0.15, 0.2) is 30.5 Å². The molecular weight excluding hydrogens is 238 g/mol. The largest absolute Gasteiger partial charge is 0.494 e. The van der Waals surface area contributed by atoms with Crippen LogP contribution in [0.4, 0.5) is 5.82 Å². The summed E-state index contributed by atoms with van der Waals surface area (Å²) in [5.41, 5.74) is 6.86. The Morgan fingerprint density at radius 2 is 2.29 bits per heavy atom. The fraction of sp³-hybridized carbons (Fsp3) is 0.250. The van der Waals surface area contributed by atoms with Crippen molar-refractivity contribution in [3.63, 3.8) is 0 Å². The van der Waals surface area contributed by atoms with Crippen molar-refractivity contribution in [1.82, 2.24) is 9.78 Å². The van der Waals surface area contributed by atoms with Crippen molar-refractivity contribution in [3.8, 4) is 5.75 Å². The molecule has 0 amide bonds. The van der Waals surface area contributed by atoms with E-state index in [0.717, 1.165) is 11.3 Å². The zero-order chi connectivity index (χ0) is 12.3. The maximum atomic E-state index is 5.84. The molecule has 0 fully saturated rings. The molecule has 0 aliphatic carbocycles. The molecule has 0 aliphatic rings. The molecule has 0 radical (unpaired) electrons. The fourth-order valence-electron chi connectivity index (χ4n) is 1.57. The molecule has 90 valence electrons. The van der Waals surface area contributed by atoms with Crippen molar-refractivity contribution >= 4 is 17.4 Å². The summed E-state index contributed by atoms with van der Waals surface area (Å²) in [5, 5.41) is 4.58. The van der Waals surface area contributed by atoms with E-state index in [9.17, 15) is 0 Å². The van der Waals surface area contributed by atoms with Crippen LogP contribution < -0.4 is 10.5 Å². The monoisotopic (exact) mass is 251 g/mol. The van der Waals surface area contributed by atoms with Crippen molar-refractivity contribution in [2.75, 3.05) is 12.3 Å². The maximum Gasteiger partial charge on any atom is 0.140 e. The average Bonchev–Trinajstić information content (AvgIpc) is 2.62. The van der Waals surface area contributed by atoms with Crippen LogP contribution in [0.3, 0.4) is 0 Å². The summed E-state index contributed by atoms with van der Waals surface area (Å²) >= 11 is 5.84. The van der Waals surface area contributed by atoms with E-state index < -0.39 is 0 Å². The van der Waals surface area contributed by atoms with Crippen molar-refractivity contribution in [2.45, 2.75) is 13.5 Å². The molecule has 0 spiro atoms. The van der Waals surface area contributed by atoms with Crippen LogP contribution in [0, 0.1) is 0 Å². The zero-order valence-electron chi connectivity index (χ0n) is 9.56. The van der Waals surface area contributed by atoms with E-state index in [2.05, 4.69) is 5.10 Å². The summed E-state index contributed by atoms with van der Waals surface area (Å²) in [4.78, 5) is 0. The Morgan fingerprint density at radius 3 is 2.94 bits per heavy atom. The van der Waals surface area contributed by atoms with Gasteiger partial charge in [-0.05, 0) is 24.6 Å². The summed E-state index contributed by atoms with van der Waals surface area (Å²) in [6, 6.07) is 7.84. The second-order valence-electron chi connectivity index (χ2n) is 3.62. The van der Waals surface area contributed by atoms with Crippen LogP contribution in [0.2, 0.25) is 5.02 Å². The summed E-state index contributed by atoms with van der Waals surface area (Å²) in [5.74, 6) is 1.33. The number of nitrogens with two attached hydrogens (primary N) is 1. The molecule has 1 aromatic carbocycles. The SMILES string of the molecule is CCOc1cccc(Cn2ncc(Cl)c2N)c1. The van der Waals surface area contributed by atoms with E-state index in [4.69, 9.17) is 22.1 Å². The molecule has 0 saturated heterocycles. The Labute approximate surface area is 105 Å². The number of nitrogen functional groups attached to an aromatic ring is 1. The van der Waals surface area contributed by atoms with E-state index in [-0.39, 0.29) is 0 Å². The lowest BCUT2D eigenvalue weighted by atomic mass is 10.2. The predicted octanol–water partition coefficient (Wildman–Crippen LogP) is 2.57. The lowest BCUT2D eigenvalue weighted by Crippen LogP contribution is -2.06. The van der Waals surface area contributed by atoms with Crippen molar-refractivity contribution in [2.24, 2.45) is 0 Å². The number of halogens is 1. The summed E-state index contributed by atoms with van der Waals surface area (Å²) in [6.07, 6.45) is 1.54. The van der Waals surface area contributed by atoms with Gasteiger partial charge in [0.05, 0.1) is 19.3 Å². The number of rotatable bonds is 4. The van der Waals surface area contributed by atoms with Crippen molar-refractivity contribution in [1.29, 1.82) is 0 Å². The molecular formula is C12H14ClN3O. The van der Waals surface area contributed by atoms with E-state index in [1.165, 1.54) is 0 Å². The molecule has 4 nitrogen and oxygen atoms in total. The van der Waals surface area contributed by atoms with Gasteiger partial charge in [0.2, 0.25) is 0 Å². The topological polar surface area (TPSA) is 53.1 Å². The number of ether oxygens (including phenoxy) is 1. The molecule has 2 N–H and O–H groups in total. The first-order valence-corrected chi connectivity index (χ1v) is 5.77. The van der Waals surface area contributed by atoms with Gasteiger partial charge in [-0.25, -0.2) is 4.68 Å². The summed E-state index contributed by atoms with van der Waals surface area (Å²) in [6.45, 7) is 3.19. The van der Waals surface area contributed by atoms with Gasteiger partial charge in [-0.3, -0.25) is 0 Å². The van der Waals surface area contributed by atoms with Crippen molar-refractivity contribution < 1.29 is 4.74 Å². The normalized spacial score (nSPS) is 10.5. The highest BCUT2D eigenvalue weighted by molar-refractivity contribution is 6.32. The molecule has 2 rings (SSSR count). The number of aromatic nitrogens is 2. The van der Waals surface area contributed by atoms with Crippen LogP contribution >= 0.6 is 11.6 Å². The molecule has 1 heterocycles. The van der Waals surface area contributed by atoms with E-state index in [1.54, 1.807) is 10.9 Å². The Hall–Kier alpha value is -1.68. The van der Waals surface area contributed by atoms with Crippen LogP contribution in [-0.2, 0) is 6.54 Å². The maximum absolute atomic E-state index is 5.84. The van der Waals surface area contributed by atoms with E-state index >= 15 is 0 Å². The Balaban J connectivity index is 2.18. The van der Waals surface area contributed by atoms with Gasteiger partial charge in [0.15, 0.2) is 0 Å². The quantitative estimate of drug-likeness (QED) is 0.909. The Bertz CT molecular complexity index is 510. The third kappa shape index (κ3) is 2.71. The molecule has 5 heteroatoms. The Morgan fingerprint density at radius 1 is 1.47 bits per heavy atom. The molecule has 0 atom stereocenters. The van der Waals surface area contributed by atoms with Crippen LogP contribution in [0.5, 0.6) is 5.75 Å². The smallest absolute Gasteiger partial charge is 0.140 e. The van der Waals surface area contributed by atoms with Crippen LogP contribution in [0.25, 0.3) is 0 Å². The van der Waals surface area contributed by atoms with Gasteiger partial charge in [0.25, 0.3) is 0 Å². The third-order valence-electron chi connectivity index (χ3n) is 2.38. The highest BCUT2D eigenvalue weighted by Gasteiger charge is 2.05. The van der Waals surface area contributed by atoms with Gasteiger partial charge >= 0.3 is 0 Å². The fourth-order valence-corrected chi connectivity index (χ4v) is 1.71. The molecule has 0 bridgehead atoms. The first kappa shape index (κ1) is 11.8. The van der Waals surface area contributed by atoms with E-state index in [0.29, 0.717) is 24.0 Å². The van der Waals surface area contributed by atoms with Gasteiger partial charge in [-0.15, -0.1) is 0 Å². The summed E-state index contributed by atoms with van der Waals surface area (Å²) < 4.78 is 7.09. The standard InChI is InChI=1S/C12H14ClN3O/c1-2-17-10-5-3-4-9(6-10)8-16-12(14)11(13)7-15-16/h3-7H,2,8,14H2,1H3. The second-order valence-corrected chi connectivity index (χ2v) is 4.02. The highest BCUT2D eigenvalue weighted by Crippen LogP contribution is 2.19. The first-order chi connectivity index (χ1) is 8.20. The zero-order valence-corrected chi connectivity index (χ0v) is 10.3. The number of anilines is 1. The number of hydrogen-bond acceptors (Lipinski definition) is 3. The van der Waals surface area contributed by atoms with Gasteiger partial charge in [-0.2, -0.15) is 5.10 Å². The van der Waals surface area contributed by atoms with Gasteiger partial charge in [-0.1, -0.05) is 23.7 Å². The predicted molar refractivity (Wildman–Crippen MR) is 68.4 cm³/mol. The van der Waals surface area contributed by atoms with Gasteiger partial charge in [0.1, 0.15) is 16.6 Å². The van der Waals surface area contributed by atoms with Crippen LogP contribution in [0.1, 0.15) is 12.5 Å². The lowest BCUT2D eigenvalue weighted by molar-refractivity contribution is 0.340. The number of nitrogens with zero attached hydrogens (tertiary/aromatic N) is 2. The van der Waals surface area contributed by atoms with E-state index in [1.807, 2.05) is 31.2 Å². The van der Waals surface area contributed by atoms with Crippen molar-refractivity contribution in [3.05, 3.63) is 41.0 Å². The van der Waals surface area contributed by atoms with Gasteiger partial charge in [0, 0.05) is 0 Å².